The fourth-order valence-corrected chi connectivity index (χ4v) is 2.79. The molecule has 2 aromatic heterocycles. The average Bonchev–Trinajstić information content (AvgIpc) is 3.05. The first-order chi connectivity index (χ1) is 13.0. The van der Waals surface area contributed by atoms with Gasteiger partial charge in [0.1, 0.15) is 11.3 Å². The van der Waals surface area contributed by atoms with Crippen LogP contribution in [0.4, 0.5) is 5.69 Å². The highest BCUT2D eigenvalue weighted by Crippen LogP contribution is 2.33. The Morgan fingerprint density at radius 1 is 1.04 bits per heavy atom. The van der Waals surface area contributed by atoms with Crippen molar-refractivity contribution in [3.8, 4) is 17.2 Å². The largest absolute Gasteiger partial charge is 0.507 e. The smallest absolute Gasteiger partial charge is 0.255 e. The number of aryl methyl sites for hydroxylation is 2. The number of aromatic hydroxyl groups is 1. The highest BCUT2D eigenvalue weighted by molar-refractivity contribution is 6.04. The number of benzene rings is 2. The fraction of sp³-hybridized carbons (Fsp3) is 0.0952. The summed E-state index contributed by atoms with van der Waals surface area (Å²) in [5.74, 6) is 0.0272. The van der Waals surface area contributed by atoms with Gasteiger partial charge in [-0.2, -0.15) is 0 Å². The van der Waals surface area contributed by atoms with E-state index in [0.29, 0.717) is 28.3 Å². The first-order valence-corrected chi connectivity index (χ1v) is 8.44. The molecule has 1 amide bonds. The van der Waals surface area contributed by atoms with E-state index in [2.05, 4.69) is 15.3 Å². The van der Waals surface area contributed by atoms with E-state index >= 15 is 0 Å². The number of carbonyl (C=O) groups excluding carboxylic acids is 1. The predicted molar refractivity (Wildman–Crippen MR) is 103 cm³/mol. The van der Waals surface area contributed by atoms with Crippen molar-refractivity contribution in [2.75, 3.05) is 5.32 Å². The summed E-state index contributed by atoms with van der Waals surface area (Å²) < 4.78 is 5.80. The van der Waals surface area contributed by atoms with Gasteiger partial charge in [-0.15, -0.1) is 0 Å². The quantitative estimate of drug-likeness (QED) is 0.564. The van der Waals surface area contributed by atoms with Gasteiger partial charge >= 0.3 is 0 Å². The summed E-state index contributed by atoms with van der Waals surface area (Å²) in [7, 11) is 0. The topological polar surface area (TPSA) is 88.2 Å². The van der Waals surface area contributed by atoms with Gasteiger partial charge in [-0.3, -0.25) is 9.78 Å². The summed E-state index contributed by atoms with van der Waals surface area (Å²) in [6, 6.07) is 12.0. The van der Waals surface area contributed by atoms with Crippen molar-refractivity contribution in [1.29, 1.82) is 0 Å². The van der Waals surface area contributed by atoms with E-state index < -0.39 is 0 Å². The third kappa shape index (κ3) is 3.25. The average molecular weight is 359 g/mol. The van der Waals surface area contributed by atoms with Crippen molar-refractivity contribution in [3.63, 3.8) is 0 Å². The molecule has 4 aromatic rings. The van der Waals surface area contributed by atoms with Crippen LogP contribution in [0.3, 0.4) is 0 Å². The molecule has 0 bridgehead atoms. The Morgan fingerprint density at radius 2 is 1.78 bits per heavy atom. The highest BCUT2D eigenvalue weighted by atomic mass is 16.3. The minimum atomic E-state index is -0.280. The number of nitrogens with zero attached hydrogens (tertiary/aromatic N) is 2. The van der Waals surface area contributed by atoms with Gasteiger partial charge in [0.25, 0.3) is 5.91 Å². The van der Waals surface area contributed by atoms with E-state index in [1.807, 2.05) is 26.0 Å². The number of rotatable bonds is 3. The molecule has 2 aromatic carbocycles. The van der Waals surface area contributed by atoms with Crippen LogP contribution < -0.4 is 5.32 Å². The number of nitrogens with one attached hydrogen (secondary N) is 1. The standard InChI is InChI=1S/C21H17N3O3/c1-12-9-17-19(10-13(12)2)27-21(24-17)16-4-3-15(11-18(16)25)23-20(26)14-5-7-22-8-6-14/h3-11,25H,1-2H3,(H,23,26). The first kappa shape index (κ1) is 16.8. The SMILES string of the molecule is Cc1cc2nc(-c3ccc(NC(=O)c4ccncc4)cc3O)oc2cc1C. The van der Waals surface area contributed by atoms with Gasteiger partial charge in [0, 0.05) is 29.7 Å². The van der Waals surface area contributed by atoms with Crippen molar-refractivity contribution < 1.29 is 14.3 Å². The lowest BCUT2D eigenvalue weighted by atomic mass is 10.1. The van der Waals surface area contributed by atoms with Crippen molar-refractivity contribution in [2.24, 2.45) is 0 Å². The zero-order valence-electron chi connectivity index (χ0n) is 14.9. The molecule has 134 valence electrons. The molecule has 6 nitrogen and oxygen atoms in total. The van der Waals surface area contributed by atoms with E-state index in [1.165, 1.54) is 6.07 Å². The molecule has 27 heavy (non-hydrogen) atoms. The fourth-order valence-electron chi connectivity index (χ4n) is 2.79. The molecule has 0 spiro atoms. The molecule has 2 heterocycles. The highest BCUT2D eigenvalue weighted by Gasteiger charge is 2.14. The second-order valence-electron chi connectivity index (χ2n) is 6.35. The molecule has 2 N–H and O–H groups in total. The molecule has 0 atom stereocenters. The van der Waals surface area contributed by atoms with Crippen LogP contribution in [0, 0.1) is 13.8 Å². The molecular weight excluding hydrogens is 342 g/mol. The van der Waals surface area contributed by atoms with Crippen LogP contribution in [0.25, 0.3) is 22.6 Å². The van der Waals surface area contributed by atoms with E-state index in [4.69, 9.17) is 4.42 Å². The minimum absolute atomic E-state index is 0.0254. The van der Waals surface area contributed by atoms with Crippen molar-refractivity contribution >= 4 is 22.7 Å². The second-order valence-corrected chi connectivity index (χ2v) is 6.35. The molecule has 6 heteroatoms. The van der Waals surface area contributed by atoms with E-state index in [1.54, 1.807) is 36.7 Å². The van der Waals surface area contributed by atoms with Gasteiger partial charge in [0.2, 0.25) is 5.89 Å². The lowest BCUT2D eigenvalue weighted by Crippen LogP contribution is -2.11. The summed E-state index contributed by atoms with van der Waals surface area (Å²) in [6.07, 6.45) is 3.10. The number of phenolic OH excluding ortho intramolecular Hbond substituents is 1. The number of aromatic nitrogens is 2. The normalized spacial score (nSPS) is 10.9. The number of hydrogen-bond acceptors (Lipinski definition) is 5. The maximum Gasteiger partial charge on any atom is 0.255 e. The second kappa shape index (κ2) is 6.57. The number of oxazole rings is 1. The van der Waals surface area contributed by atoms with Gasteiger partial charge in [0.15, 0.2) is 5.58 Å². The number of amides is 1. The van der Waals surface area contributed by atoms with Gasteiger partial charge in [-0.05, 0) is 61.4 Å². The van der Waals surface area contributed by atoms with Crippen LogP contribution in [0.5, 0.6) is 5.75 Å². The monoisotopic (exact) mass is 359 g/mol. The van der Waals surface area contributed by atoms with Gasteiger partial charge in [-0.1, -0.05) is 0 Å². The van der Waals surface area contributed by atoms with Crippen LogP contribution in [0.1, 0.15) is 21.5 Å². The Kier molecular flexibility index (Phi) is 4.08. The molecule has 0 saturated carbocycles. The maximum atomic E-state index is 12.2. The zero-order valence-corrected chi connectivity index (χ0v) is 14.9. The molecule has 4 rings (SSSR count). The minimum Gasteiger partial charge on any atom is -0.507 e. The van der Waals surface area contributed by atoms with Crippen LogP contribution in [0.15, 0.2) is 59.3 Å². The Hall–Kier alpha value is -3.67. The van der Waals surface area contributed by atoms with Crippen LogP contribution >= 0.6 is 0 Å². The number of phenols is 1. The molecule has 0 aliphatic heterocycles. The lowest BCUT2D eigenvalue weighted by Gasteiger charge is -2.07. The van der Waals surface area contributed by atoms with Crippen LogP contribution in [-0.4, -0.2) is 21.0 Å². The Balaban J connectivity index is 1.63. The van der Waals surface area contributed by atoms with Crippen LogP contribution in [-0.2, 0) is 0 Å². The van der Waals surface area contributed by atoms with Crippen LogP contribution in [0.2, 0.25) is 0 Å². The number of fused-ring (bicyclic) bond motifs is 1. The third-order valence-electron chi connectivity index (χ3n) is 4.43. The van der Waals surface area contributed by atoms with E-state index in [0.717, 1.165) is 16.6 Å². The predicted octanol–water partition coefficient (Wildman–Crippen LogP) is 4.46. The molecule has 0 saturated heterocycles. The third-order valence-corrected chi connectivity index (χ3v) is 4.43. The first-order valence-electron chi connectivity index (χ1n) is 8.44. The summed E-state index contributed by atoms with van der Waals surface area (Å²) >= 11 is 0. The van der Waals surface area contributed by atoms with Crippen molar-refractivity contribution in [1.82, 2.24) is 9.97 Å². The maximum absolute atomic E-state index is 12.2. The summed E-state index contributed by atoms with van der Waals surface area (Å²) in [5.41, 5.74) is 5.07. The lowest BCUT2D eigenvalue weighted by molar-refractivity contribution is 0.102. The zero-order chi connectivity index (χ0) is 19.0. The summed E-state index contributed by atoms with van der Waals surface area (Å²) in [6.45, 7) is 4.02. The number of pyridine rings is 1. The van der Waals surface area contributed by atoms with E-state index in [-0.39, 0.29) is 11.7 Å². The van der Waals surface area contributed by atoms with E-state index in [9.17, 15) is 9.90 Å². The number of hydrogen-bond donors (Lipinski definition) is 2. The molecule has 0 fully saturated rings. The molecule has 0 aliphatic carbocycles. The molecule has 0 aliphatic rings. The van der Waals surface area contributed by atoms with Gasteiger partial charge < -0.3 is 14.8 Å². The summed E-state index contributed by atoms with van der Waals surface area (Å²) in [4.78, 5) is 20.6. The Labute approximate surface area is 155 Å². The number of anilines is 1. The Bertz CT molecular complexity index is 1110. The molecule has 0 unspecified atom stereocenters. The number of carbonyl (C=O) groups is 1. The van der Waals surface area contributed by atoms with Gasteiger partial charge in [-0.25, -0.2) is 4.98 Å². The molecule has 0 radical (unpaired) electrons. The van der Waals surface area contributed by atoms with Crippen molar-refractivity contribution in [2.45, 2.75) is 13.8 Å². The van der Waals surface area contributed by atoms with Gasteiger partial charge in [0.05, 0.1) is 5.56 Å². The summed E-state index contributed by atoms with van der Waals surface area (Å²) in [5, 5.41) is 13.1. The molecular formula is C21H17N3O3. The van der Waals surface area contributed by atoms with Crippen molar-refractivity contribution in [3.05, 3.63) is 71.5 Å². The Morgan fingerprint density at radius 3 is 2.52 bits per heavy atom.